The first-order valence-electron chi connectivity index (χ1n) is 11.4. The summed E-state index contributed by atoms with van der Waals surface area (Å²) in [5.74, 6) is 0.463. The minimum atomic E-state index is -0.530. The van der Waals surface area contributed by atoms with Crippen LogP contribution in [0.1, 0.15) is 46.1 Å². The van der Waals surface area contributed by atoms with Gasteiger partial charge in [0.15, 0.2) is 6.61 Å². The van der Waals surface area contributed by atoms with E-state index in [1.165, 1.54) is 17.6 Å². The highest BCUT2D eigenvalue weighted by Gasteiger charge is 2.19. The van der Waals surface area contributed by atoms with Crippen LogP contribution in [0, 0.1) is 6.92 Å². The number of carbonyl (C=O) groups is 2. The van der Waals surface area contributed by atoms with Crippen molar-refractivity contribution in [2.24, 2.45) is 5.10 Å². The maximum absolute atomic E-state index is 12.7. The molecule has 0 bridgehead atoms. The van der Waals surface area contributed by atoms with Gasteiger partial charge in [-0.05, 0) is 53.8 Å². The molecule has 1 amide bonds. The fourth-order valence-electron chi connectivity index (χ4n) is 3.44. The fourth-order valence-corrected chi connectivity index (χ4v) is 4.83. The molecule has 184 valence electrons. The Morgan fingerprint density at radius 1 is 1.08 bits per heavy atom. The number of hydrazone groups is 1. The van der Waals surface area contributed by atoms with E-state index < -0.39 is 5.97 Å². The molecule has 0 unspecified atom stereocenters. The maximum atomic E-state index is 12.7. The Kier molecular flexibility index (Phi) is 8.03. The molecule has 1 N–H and O–H groups in total. The van der Waals surface area contributed by atoms with Crippen LogP contribution in [0.4, 0.5) is 0 Å². The summed E-state index contributed by atoms with van der Waals surface area (Å²) in [5.41, 5.74) is 5.19. The molecule has 0 atom stereocenters. The molecule has 36 heavy (non-hydrogen) atoms. The largest absolute Gasteiger partial charge is 0.483 e. The van der Waals surface area contributed by atoms with E-state index in [-0.39, 0.29) is 12.5 Å². The molecule has 0 radical (unpaired) electrons. The third-order valence-electron chi connectivity index (χ3n) is 5.43. The van der Waals surface area contributed by atoms with Crippen LogP contribution < -0.4 is 14.9 Å². The number of ether oxygens (including phenoxy) is 2. The van der Waals surface area contributed by atoms with E-state index in [0.717, 1.165) is 21.2 Å². The lowest BCUT2D eigenvalue weighted by Gasteiger charge is -2.12. The second-order valence-corrected chi connectivity index (χ2v) is 9.89. The van der Waals surface area contributed by atoms with Crippen molar-refractivity contribution in [2.45, 2.75) is 26.7 Å². The van der Waals surface area contributed by atoms with Crippen molar-refractivity contribution < 1.29 is 19.1 Å². The van der Waals surface area contributed by atoms with Crippen LogP contribution in [0.2, 0.25) is 5.02 Å². The molecule has 1 heterocycles. The van der Waals surface area contributed by atoms with E-state index >= 15 is 0 Å². The maximum Gasteiger partial charge on any atom is 0.355 e. The Labute approximate surface area is 218 Å². The van der Waals surface area contributed by atoms with E-state index in [1.54, 1.807) is 24.3 Å². The first-order chi connectivity index (χ1) is 17.3. The standard InChI is InChI=1S/C28H25ClN2O4S/c1-17(2)20-12-11-18(3)23(14-20)34-16-25(32)31-30-15-19-7-6-8-21(13-19)35-28(33)27-26(29)22-9-4-5-10-24(22)36-27/h4-15,17H,16H2,1-3H3,(H,31,32). The molecule has 4 rings (SSSR count). The molecule has 0 aliphatic carbocycles. The Bertz CT molecular complexity index is 1440. The zero-order valence-corrected chi connectivity index (χ0v) is 21.7. The number of hydrogen-bond acceptors (Lipinski definition) is 6. The molecule has 3 aromatic carbocycles. The Morgan fingerprint density at radius 2 is 1.89 bits per heavy atom. The van der Waals surface area contributed by atoms with Crippen molar-refractivity contribution in [3.8, 4) is 11.5 Å². The normalized spacial score (nSPS) is 11.2. The van der Waals surface area contributed by atoms with E-state index in [0.29, 0.717) is 32.9 Å². The van der Waals surface area contributed by atoms with E-state index in [4.69, 9.17) is 21.1 Å². The molecule has 0 fully saturated rings. The number of fused-ring (bicyclic) bond motifs is 1. The van der Waals surface area contributed by atoms with Crippen molar-refractivity contribution in [2.75, 3.05) is 6.61 Å². The SMILES string of the molecule is Cc1ccc(C(C)C)cc1OCC(=O)NN=Cc1cccc(OC(=O)c2sc3ccccc3c2Cl)c1. The fraction of sp³-hybridized carbons (Fsp3) is 0.179. The van der Waals surface area contributed by atoms with Crippen LogP contribution in [0.25, 0.3) is 10.1 Å². The summed E-state index contributed by atoms with van der Waals surface area (Å²) >= 11 is 7.67. The number of carbonyl (C=O) groups excluding carboxylic acids is 2. The van der Waals surface area contributed by atoms with Crippen LogP contribution in [-0.4, -0.2) is 24.7 Å². The molecule has 8 heteroatoms. The number of amides is 1. The van der Waals surface area contributed by atoms with Gasteiger partial charge in [-0.25, -0.2) is 10.2 Å². The highest BCUT2D eigenvalue weighted by Crippen LogP contribution is 2.35. The highest BCUT2D eigenvalue weighted by molar-refractivity contribution is 7.21. The van der Waals surface area contributed by atoms with Gasteiger partial charge in [0.2, 0.25) is 0 Å². The zero-order valence-electron chi connectivity index (χ0n) is 20.1. The van der Waals surface area contributed by atoms with Crippen molar-refractivity contribution >= 4 is 51.1 Å². The number of halogens is 1. The predicted octanol–water partition coefficient (Wildman–Crippen LogP) is 6.73. The van der Waals surface area contributed by atoms with Gasteiger partial charge in [0.1, 0.15) is 16.4 Å². The number of nitrogens with zero attached hydrogens (tertiary/aromatic N) is 1. The van der Waals surface area contributed by atoms with Crippen LogP contribution in [0.3, 0.4) is 0 Å². The molecular weight excluding hydrogens is 496 g/mol. The number of aryl methyl sites for hydroxylation is 1. The number of thiophene rings is 1. The summed E-state index contributed by atoms with van der Waals surface area (Å²) in [6.07, 6.45) is 1.46. The number of esters is 1. The van der Waals surface area contributed by atoms with Crippen LogP contribution in [-0.2, 0) is 4.79 Å². The van der Waals surface area contributed by atoms with E-state index in [9.17, 15) is 9.59 Å². The first-order valence-corrected chi connectivity index (χ1v) is 12.6. The average Bonchev–Trinajstić information content (AvgIpc) is 3.20. The first kappa shape index (κ1) is 25.4. The van der Waals surface area contributed by atoms with Gasteiger partial charge in [-0.1, -0.05) is 67.9 Å². The van der Waals surface area contributed by atoms with Gasteiger partial charge in [0, 0.05) is 10.1 Å². The number of benzene rings is 3. The second kappa shape index (κ2) is 11.4. The van der Waals surface area contributed by atoms with Crippen LogP contribution in [0.5, 0.6) is 11.5 Å². The lowest BCUT2D eigenvalue weighted by Crippen LogP contribution is -2.24. The van der Waals surface area contributed by atoms with E-state index in [2.05, 4.69) is 30.4 Å². The molecule has 6 nitrogen and oxygen atoms in total. The van der Waals surface area contributed by atoms with Crippen molar-refractivity contribution in [3.05, 3.63) is 93.3 Å². The molecule has 1 aromatic heterocycles. The second-order valence-electron chi connectivity index (χ2n) is 8.46. The highest BCUT2D eigenvalue weighted by atomic mass is 35.5. The monoisotopic (exact) mass is 520 g/mol. The molecule has 0 aliphatic rings. The van der Waals surface area contributed by atoms with Crippen molar-refractivity contribution in [1.82, 2.24) is 5.43 Å². The molecule has 0 aliphatic heterocycles. The number of rotatable bonds is 8. The predicted molar refractivity (Wildman–Crippen MR) is 145 cm³/mol. The molecule has 0 saturated heterocycles. The smallest absolute Gasteiger partial charge is 0.355 e. The lowest BCUT2D eigenvalue weighted by atomic mass is 10.0. The minimum Gasteiger partial charge on any atom is -0.483 e. The van der Waals surface area contributed by atoms with Gasteiger partial charge in [-0.3, -0.25) is 4.79 Å². The number of hydrogen-bond donors (Lipinski definition) is 1. The average molecular weight is 521 g/mol. The zero-order chi connectivity index (χ0) is 25.7. The Hall–Kier alpha value is -3.68. The summed E-state index contributed by atoms with van der Waals surface area (Å²) in [5, 5.41) is 5.18. The molecule has 0 spiro atoms. The lowest BCUT2D eigenvalue weighted by molar-refractivity contribution is -0.123. The van der Waals surface area contributed by atoms with E-state index in [1.807, 2.05) is 43.3 Å². The quantitative estimate of drug-likeness (QED) is 0.121. The molecular formula is C28H25ClN2O4S. The Morgan fingerprint density at radius 3 is 2.67 bits per heavy atom. The number of nitrogens with one attached hydrogen (secondary N) is 1. The topological polar surface area (TPSA) is 77.0 Å². The molecule has 0 saturated carbocycles. The minimum absolute atomic E-state index is 0.159. The van der Waals surface area contributed by atoms with Gasteiger partial charge in [0.05, 0.1) is 11.2 Å². The van der Waals surface area contributed by atoms with Gasteiger partial charge >= 0.3 is 5.97 Å². The summed E-state index contributed by atoms with van der Waals surface area (Å²) in [7, 11) is 0. The van der Waals surface area contributed by atoms with Gasteiger partial charge in [0.25, 0.3) is 5.91 Å². The molecule has 4 aromatic rings. The van der Waals surface area contributed by atoms with Crippen LogP contribution >= 0.6 is 22.9 Å². The third-order valence-corrected chi connectivity index (χ3v) is 7.08. The van der Waals surface area contributed by atoms with Crippen molar-refractivity contribution in [3.63, 3.8) is 0 Å². The summed E-state index contributed by atoms with van der Waals surface area (Å²) in [6.45, 7) is 5.98. The van der Waals surface area contributed by atoms with Gasteiger partial charge in [-0.15, -0.1) is 11.3 Å². The van der Waals surface area contributed by atoms with Gasteiger partial charge < -0.3 is 9.47 Å². The third kappa shape index (κ3) is 6.11. The van der Waals surface area contributed by atoms with Crippen LogP contribution in [0.15, 0.2) is 71.8 Å². The summed E-state index contributed by atoms with van der Waals surface area (Å²) in [4.78, 5) is 25.2. The Balaban J connectivity index is 1.33. The summed E-state index contributed by atoms with van der Waals surface area (Å²) < 4.78 is 12.1. The van der Waals surface area contributed by atoms with Gasteiger partial charge in [-0.2, -0.15) is 5.10 Å². The van der Waals surface area contributed by atoms with Crippen molar-refractivity contribution in [1.29, 1.82) is 0 Å². The summed E-state index contributed by atoms with van der Waals surface area (Å²) in [6, 6.07) is 20.3.